The van der Waals surface area contributed by atoms with E-state index in [1.54, 1.807) is 42.1 Å². The lowest BCUT2D eigenvalue weighted by molar-refractivity contribution is 0.101. The van der Waals surface area contributed by atoms with Gasteiger partial charge in [-0.2, -0.15) is 5.10 Å². The van der Waals surface area contributed by atoms with Crippen LogP contribution in [0, 0.1) is 6.92 Å². The van der Waals surface area contributed by atoms with Gasteiger partial charge in [0.15, 0.2) is 5.69 Å². The lowest BCUT2D eigenvalue weighted by Gasteiger charge is -2.10. The van der Waals surface area contributed by atoms with Crippen LogP contribution in [0.4, 0.5) is 5.69 Å². The van der Waals surface area contributed by atoms with Crippen LogP contribution in [0.15, 0.2) is 77.6 Å². The number of anilines is 1. The van der Waals surface area contributed by atoms with E-state index in [0.29, 0.717) is 22.3 Å². The minimum absolute atomic E-state index is 0.143. The average Bonchev–Trinajstić information content (AvgIpc) is 2.72. The third kappa shape index (κ3) is 3.87. The summed E-state index contributed by atoms with van der Waals surface area (Å²) in [7, 11) is 1.71. The van der Waals surface area contributed by atoms with Crippen LogP contribution in [0.2, 0.25) is 0 Å². The molecule has 0 aliphatic heterocycles. The van der Waals surface area contributed by atoms with Crippen molar-refractivity contribution in [3.8, 4) is 11.5 Å². The first-order valence-corrected chi connectivity index (χ1v) is 9.13. The number of rotatable bonds is 4. The minimum atomic E-state index is -0.550. The van der Waals surface area contributed by atoms with Crippen molar-refractivity contribution >= 4 is 22.5 Å². The molecule has 1 aromatic heterocycles. The lowest BCUT2D eigenvalue weighted by Crippen LogP contribution is -2.26. The maximum absolute atomic E-state index is 12.8. The number of benzene rings is 3. The van der Waals surface area contributed by atoms with Crippen molar-refractivity contribution in [2.24, 2.45) is 7.05 Å². The summed E-state index contributed by atoms with van der Waals surface area (Å²) in [6.45, 7) is 1.90. The molecule has 1 N–H and O–H groups in total. The Morgan fingerprint density at radius 1 is 0.966 bits per heavy atom. The molecule has 0 atom stereocenters. The summed E-state index contributed by atoms with van der Waals surface area (Å²) in [4.78, 5) is 25.4. The molecule has 0 aliphatic rings. The van der Waals surface area contributed by atoms with Gasteiger partial charge in [-0.1, -0.05) is 29.8 Å². The first-order valence-electron chi connectivity index (χ1n) is 9.13. The fourth-order valence-corrected chi connectivity index (χ4v) is 3.06. The fraction of sp³-hybridized carbons (Fsp3) is 0.0870. The quantitative estimate of drug-likeness (QED) is 0.569. The number of nitrogens with zero attached hydrogens (tertiary/aromatic N) is 2. The van der Waals surface area contributed by atoms with E-state index < -0.39 is 5.91 Å². The van der Waals surface area contributed by atoms with Crippen molar-refractivity contribution < 1.29 is 9.53 Å². The van der Waals surface area contributed by atoms with E-state index >= 15 is 0 Å². The number of aromatic nitrogens is 2. The maximum atomic E-state index is 12.8. The monoisotopic (exact) mass is 385 g/mol. The van der Waals surface area contributed by atoms with Crippen LogP contribution in [0.3, 0.4) is 0 Å². The Morgan fingerprint density at radius 3 is 2.38 bits per heavy atom. The Balaban J connectivity index is 1.56. The van der Waals surface area contributed by atoms with Crippen molar-refractivity contribution in [3.63, 3.8) is 0 Å². The SMILES string of the molecule is Cc1ccc2c(c1)c(=O)c(C(=O)Nc1ccc(Oc3ccccc3)cc1)nn2C. The molecular formula is C23H19N3O3. The Hall–Kier alpha value is -3.93. The number of carbonyl (C=O) groups excluding carboxylic acids is 1. The van der Waals surface area contributed by atoms with Crippen LogP contribution < -0.4 is 15.5 Å². The first-order chi connectivity index (χ1) is 14.0. The summed E-state index contributed by atoms with van der Waals surface area (Å²) in [6.07, 6.45) is 0. The summed E-state index contributed by atoms with van der Waals surface area (Å²) >= 11 is 0. The predicted octanol–water partition coefficient (Wildman–Crippen LogP) is 4.29. The number of carbonyl (C=O) groups is 1. The van der Waals surface area contributed by atoms with Gasteiger partial charge in [-0.05, 0) is 55.5 Å². The van der Waals surface area contributed by atoms with Crippen LogP contribution in [-0.2, 0) is 7.05 Å². The molecule has 0 radical (unpaired) electrons. The fourth-order valence-electron chi connectivity index (χ4n) is 3.06. The Labute approximate surface area is 167 Å². The molecule has 0 aliphatic carbocycles. The number of ether oxygens (including phenoxy) is 1. The number of nitrogens with one attached hydrogen (secondary N) is 1. The average molecular weight is 385 g/mol. The predicted molar refractivity (Wildman–Crippen MR) is 113 cm³/mol. The van der Waals surface area contributed by atoms with Crippen LogP contribution in [0.5, 0.6) is 11.5 Å². The van der Waals surface area contributed by atoms with Gasteiger partial charge in [0.2, 0.25) is 5.43 Å². The van der Waals surface area contributed by atoms with Gasteiger partial charge in [0.25, 0.3) is 5.91 Å². The molecule has 6 nitrogen and oxygen atoms in total. The number of amides is 1. The van der Waals surface area contributed by atoms with Gasteiger partial charge in [0, 0.05) is 12.7 Å². The molecule has 144 valence electrons. The standard InChI is InChI=1S/C23H19N3O3/c1-15-8-13-20-19(14-15)22(27)21(25-26(20)2)23(28)24-16-9-11-18(12-10-16)29-17-6-4-3-5-7-17/h3-14H,1-2H3,(H,24,28). The molecule has 6 heteroatoms. The highest BCUT2D eigenvalue weighted by Crippen LogP contribution is 2.22. The normalized spacial score (nSPS) is 10.7. The molecule has 1 heterocycles. The van der Waals surface area contributed by atoms with Gasteiger partial charge in [-0.3, -0.25) is 14.3 Å². The van der Waals surface area contributed by atoms with E-state index in [0.717, 1.165) is 11.3 Å². The number of fused-ring (bicyclic) bond motifs is 1. The van der Waals surface area contributed by atoms with E-state index in [1.165, 1.54) is 0 Å². The van der Waals surface area contributed by atoms with Gasteiger partial charge >= 0.3 is 0 Å². The van der Waals surface area contributed by atoms with Gasteiger partial charge in [0.05, 0.1) is 10.9 Å². The largest absolute Gasteiger partial charge is 0.457 e. The highest BCUT2D eigenvalue weighted by Gasteiger charge is 2.17. The van der Waals surface area contributed by atoms with Crippen molar-refractivity contribution in [3.05, 3.63) is 94.3 Å². The van der Waals surface area contributed by atoms with Crippen molar-refractivity contribution in [1.29, 1.82) is 0 Å². The summed E-state index contributed by atoms with van der Waals surface area (Å²) in [5.41, 5.74) is 1.64. The van der Waals surface area contributed by atoms with Crippen LogP contribution in [0.1, 0.15) is 16.1 Å². The van der Waals surface area contributed by atoms with E-state index in [4.69, 9.17) is 4.74 Å². The molecule has 0 saturated heterocycles. The number of aryl methyl sites for hydroxylation is 2. The summed E-state index contributed by atoms with van der Waals surface area (Å²) in [6, 6.07) is 21.8. The van der Waals surface area contributed by atoms with E-state index in [1.807, 2.05) is 49.4 Å². The Bertz CT molecular complexity index is 1250. The summed E-state index contributed by atoms with van der Waals surface area (Å²) < 4.78 is 7.28. The van der Waals surface area contributed by atoms with Crippen LogP contribution >= 0.6 is 0 Å². The molecule has 0 unspecified atom stereocenters. The van der Waals surface area contributed by atoms with Crippen LogP contribution in [-0.4, -0.2) is 15.7 Å². The van der Waals surface area contributed by atoms with Crippen molar-refractivity contribution in [1.82, 2.24) is 9.78 Å². The number of hydrogen-bond acceptors (Lipinski definition) is 4. The highest BCUT2D eigenvalue weighted by atomic mass is 16.5. The summed E-state index contributed by atoms with van der Waals surface area (Å²) in [5.74, 6) is 0.818. The lowest BCUT2D eigenvalue weighted by atomic mass is 10.1. The van der Waals surface area contributed by atoms with E-state index in [2.05, 4.69) is 10.4 Å². The first kappa shape index (κ1) is 18.4. The second kappa shape index (κ2) is 7.59. The third-order valence-corrected chi connectivity index (χ3v) is 4.52. The second-order valence-electron chi connectivity index (χ2n) is 6.72. The van der Waals surface area contributed by atoms with E-state index in [9.17, 15) is 9.59 Å². The smallest absolute Gasteiger partial charge is 0.280 e. The molecule has 4 rings (SSSR count). The van der Waals surface area contributed by atoms with Gasteiger partial charge in [0.1, 0.15) is 11.5 Å². The second-order valence-corrected chi connectivity index (χ2v) is 6.72. The number of para-hydroxylation sites is 1. The molecule has 0 fully saturated rings. The molecule has 1 amide bonds. The zero-order valence-corrected chi connectivity index (χ0v) is 16.0. The number of hydrogen-bond donors (Lipinski definition) is 1. The molecule has 4 aromatic rings. The molecule has 0 saturated carbocycles. The topological polar surface area (TPSA) is 73.2 Å². The molecule has 0 bridgehead atoms. The molecule has 29 heavy (non-hydrogen) atoms. The Morgan fingerprint density at radius 2 is 1.66 bits per heavy atom. The van der Waals surface area contributed by atoms with Gasteiger partial charge in [-0.25, -0.2) is 0 Å². The zero-order valence-electron chi connectivity index (χ0n) is 16.0. The van der Waals surface area contributed by atoms with E-state index in [-0.39, 0.29) is 11.1 Å². The molecular weight excluding hydrogens is 366 g/mol. The zero-order chi connectivity index (χ0) is 20.4. The van der Waals surface area contributed by atoms with Crippen molar-refractivity contribution in [2.75, 3.05) is 5.32 Å². The van der Waals surface area contributed by atoms with Crippen LogP contribution in [0.25, 0.3) is 10.9 Å². The Kier molecular flexibility index (Phi) is 4.83. The maximum Gasteiger partial charge on any atom is 0.280 e. The van der Waals surface area contributed by atoms with Gasteiger partial charge in [-0.15, -0.1) is 0 Å². The molecule has 0 spiro atoms. The minimum Gasteiger partial charge on any atom is -0.457 e. The molecule has 3 aromatic carbocycles. The van der Waals surface area contributed by atoms with Gasteiger partial charge < -0.3 is 10.1 Å². The summed E-state index contributed by atoms with van der Waals surface area (Å²) in [5, 5.41) is 7.37. The third-order valence-electron chi connectivity index (χ3n) is 4.52. The highest BCUT2D eigenvalue weighted by molar-refractivity contribution is 6.04. The van der Waals surface area contributed by atoms with Crippen molar-refractivity contribution in [2.45, 2.75) is 6.92 Å².